The quantitative estimate of drug-likeness (QED) is 0.203. The molecule has 2 saturated heterocycles. The van der Waals surface area contributed by atoms with Crippen molar-refractivity contribution in [3.63, 3.8) is 0 Å². The van der Waals surface area contributed by atoms with Crippen molar-refractivity contribution in [2.75, 3.05) is 20.3 Å². The van der Waals surface area contributed by atoms with Gasteiger partial charge in [-0.3, -0.25) is 4.90 Å². The van der Waals surface area contributed by atoms with Crippen molar-refractivity contribution in [1.82, 2.24) is 9.80 Å². The van der Waals surface area contributed by atoms with Crippen LogP contribution in [0.1, 0.15) is 75.2 Å². The van der Waals surface area contributed by atoms with Crippen LogP contribution < -0.4 is 0 Å². The van der Waals surface area contributed by atoms with Gasteiger partial charge in [-0.2, -0.15) is 0 Å². The van der Waals surface area contributed by atoms with E-state index < -0.39 is 59.9 Å². The fraction of sp³-hybridized carbons (Fsp3) is 0.767. The van der Waals surface area contributed by atoms with Crippen LogP contribution in [0.4, 0.5) is 9.59 Å². The standard InChI is InChI=1S/C30H50N2O9/c1-12-22-23(14-13-17-37-22)39-25(26(33)36-11)24(40-27(34)31(19(2)3)20(4)5)16-15-21-18-38-30(9,10)32(21)28(35)41-29(6,7)8/h12,15-16,19-25H,1,13-14,17-18H2,2-11H3/t21-,22-,23+,24+,25-/m1/s1. The minimum atomic E-state index is -1.30. The van der Waals surface area contributed by atoms with Gasteiger partial charge in [0.15, 0.2) is 12.2 Å². The second-order valence-electron chi connectivity index (χ2n) is 12.3. The van der Waals surface area contributed by atoms with Gasteiger partial charge < -0.3 is 33.3 Å². The molecule has 0 aromatic rings. The van der Waals surface area contributed by atoms with Gasteiger partial charge in [0.05, 0.1) is 25.9 Å². The largest absolute Gasteiger partial charge is 0.467 e. The van der Waals surface area contributed by atoms with Crippen LogP contribution in [-0.2, 0) is 33.2 Å². The highest BCUT2D eigenvalue weighted by Gasteiger charge is 2.45. The van der Waals surface area contributed by atoms with E-state index in [2.05, 4.69) is 6.58 Å². The van der Waals surface area contributed by atoms with Crippen LogP contribution >= 0.6 is 0 Å². The molecule has 0 saturated carbocycles. The van der Waals surface area contributed by atoms with Crippen molar-refractivity contribution in [3.05, 3.63) is 24.8 Å². The van der Waals surface area contributed by atoms with Crippen LogP contribution in [0.5, 0.6) is 0 Å². The zero-order valence-electron chi connectivity index (χ0n) is 26.4. The van der Waals surface area contributed by atoms with Gasteiger partial charge >= 0.3 is 18.2 Å². The number of carbonyl (C=O) groups is 3. The maximum atomic E-state index is 13.4. The summed E-state index contributed by atoms with van der Waals surface area (Å²) in [5, 5.41) is 0. The summed E-state index contributed by atoms with van der Waals surface area (Å²) in [6.07, 6.45) is 1.61. The Bertz CT molecular complexity index is 933. The number of carbonyl (C=O) groups excluding carboxylic acids is 3. The van der Waals surface area contributed by atoms with Crippen molar-refractivity contribution < 1.29 is 42.8 Å². The third-order valence-electron chi connectivity index (χ3n) is 6.79. The Morgan fingerprint density at radius 1 is 1.12 bits per heavy atom. The van der Waals surface area contributed by atoms with Crippen LogP contribution in [0.15, 0.2) is 24.8 Å². The maximum Gasteiger partial charge on any atom is 0.413 e. The summed E-state index contributed by atoms with van der Waals surface area (Å²) in [6, 6.07) is -0.883. The fourth-order valence-electron chi connectivity index (χ4n) is 4.99. The molecule has 0 bridgehead atoms. The molecule has 0 aromatic carbocycles. The Balaban J connectivity index is 2.48. The molecule has 41 heavy (non-hydrogen) atoms. The van der Waals surface area contributed by atoms with Crippen molar-refractivity contribution >= 4 is 18.2 Å². The van der Waals surface area contributed by atoms with Crippen molar-refractivity contribution in [3.8, 4) is 0 Å². The normalized spacial score (nSPS) is 24.3. The summed E-state index contributed by atoms with van der Waals surface area (Å²) < 4.78 is 34.6. The van der Waals surface area contributed by atoms with Gasteiger partial charge in [-0.15, -0.1) is 6.58 Å². The summed E-state index contributed by atoms with van der Waals surface area (Å²) in [5.74, 6) is -0.714. The molecule has 0 spiro atoms. The lowest BCUT2D eigenvalue weighted by molar-refractivity contribution is -0.177. The first-order valence-electron chi connectivity index (χ1n) is 14.3. The number of hydrogen-bond donors (Lipinski definition) is 0. The van der Waals surface area contributed by atoms with Crippen LogP contribution in [0.3, 0.4) is 0 Å². The molecule has 0 aliphatic carbocycles. The van der Waals surface area contributed by atoms with Gasteiger partial charge in [0.2, 0.25) is 0 Å². The van der Waals surface area contributed by atoms with E-state index in [9.17, 15) is 14.4 Å². The van der Waals surface area contributed by atoms with Crippen molar-refractivity contribution in [1.29, 1.82) is 0 Å². The molecule has 0 unspecified atom stereocenters. The number of nitrogens with zero attached hydrogens (tertiary/aromatic N) is 2. The fourth-order valence-corrected chi connectivity index (χ4v) is 4.99. The van der Waals surface area contributed by atoms with Gasteiger partial charge in [-0.1, -0.05) is 12.2 Å². The van der Waals surface area contributed by atoms with Gasteiger partial charge in [0.1, 0.15) is 17.4 Å². The zero-order chi connectivity index (χ0) is 31.1. The number of rotatable bonds is 10. The molecular formula is C30H50N2O9. The first-order chi connectivity index (χ1) is 19.0. The lowest BCUT2D eigenvalue weighted by atomic mass is 10.0. The summed E-state index contributed by atoms with van der Waals surface area (Å²) in [7, 11) is 1.25. The number of methoxy groups -OCH3 is 1. The number of hydrogen-bond acceptors (Lipinski definition) is 9. The molecule has 2 fully saturated rings. The lowest BCUT2D eigenvalue weighted by Gasteiger charge is -2.36. The summed E-state index contributed by atoms with van der Waals surface area (Å²) in [4.78, 5) is 42.7. The van der Waals surface area contributed by atoms with E-state index in [-0.39, 0.29) is 18.7 Å². The molecule has 2 amide bonds. The smallest absolute Gasteiger partial charge is 0.413 e. The second kappa shape index (κ2) is 14.5. The Kier molecular flexibility index (Phi) is 12.2. The first kappa shape index (κ1) is 34.6. The number of esters is 1. The molecular weight excluding hydrogens is 532 g/mol. The molecule has 2 rings (SSSR count). The van der Waals surface area contributed by atoms with E-state index in [4.69, 9.17) is 28.4 Å². The molecule has 2 heterocycles. The summed E-state index contributed by atoms with van der Waals surface area (Å²) >= 11 is 0. The first-order valence-corrected chi connectivity index (χ1v) is 14.3. The lowest BCUT2D eigenvalue weighted by Crippen LogP contribution is -2.50. The SMILES string of the molecule is C=C[C@H]1OCCC[C@@H]1O[C@@H](C(=O)OC)[C@H](C=C[C@@H]1COC(C)(C)N1C(=O)OC(C)(C)C)OC(=O)N(C(C)C)C(C)C. The van der Waals surface area contributed by atoms with E-state index in [0.29, 0.717) is 13.0 Å². The number of amides is 2. The molecule has 2 aliphatic heterocycles. The Hall–Kier alpha value is -2.63. The predicted octanol–water partition coefficient (Wildman–Crippen LogP) is 4.83. The van der Waals surface area contributed by atoms with E-state index in [1.807, 2.05) is 27.7 Å². The molecule has 5 atom stereocenters. The van der Waals surface area contributed by atoms with Crippen LogP contribution in [-0.4, -0.2) is 102 Å². The highest BCUT2D eigenvalue weighted by Crippen LogP contribution is 2.31. The molecule has 234 valence electrons. The van der Waals surface area contributed by atoms with Crippen LogP contribution in [0.25, 0.3) is 0 Å². The predicted molar refractivity (Wildman–Crippen MR) is 153 cm³/mol. The van der Waals surface area contributed by atoms with Crippen LogP contribution in [0, 0.1) is 0 Å². The Morgan fingerprint density at radius 2 is 1.76 bits per heavy atom. The number of ether oxygens (including phenoxy) is 6. The van der Waals surface area contributed by atoms with E-state index in [1.54, 1.807) is 57.7 Å². The molecule has 11 nitrogen and oxygen atoms in total. The van der Waals surface area contributed by atoms with Gasteiger partial charge in [0.25, 0.3) is 0 Å². The zero-order valence-corrected chi connectivity index (χ0v) is 26.4. The average Bonchev–Trinajstić information content (AvgIpc) is 3.17. The summed E-state index contributed by atoms with van der Waals surface area (Å²) in [6.45, 7) is 21.0. The van der Waals surface area contributed by atoms with E-state index in [1.165, 1.54) is 12.0 Å². The molecule has 2 aliphatic rings. The third kappa shape index (κ3) is 9.44. The summed E-state index contributed by atoms with van der Waals surface area (Å²) in [5.41, 5.74) is -1.67. The third-order valence-corrected chi connectivity index (χ3v) is 6.79. The highest BCUT2D eigenvalue weighted by molar-refractivity contribution is 5.77. The van der Waals surface area contributed by atoms with Gasteiger partial charge in [-0.05, 0) is 81.2 Å². The average molecular weight is 583 g/mol. The molecule has 0 N–H and O–H groups in total. The van der Waals surface area contributed by atoms with Gasteiger partial charge in [0, 0.05) is 18.7 Å². The van der Waals surface area contributed by atoms with E-state index >= 15 is 0 Å². The highest BCUT2D eigenvalue weighted by atomic mass is 16.6. The minimum Gasteiger partial charge on any atom is -0.467 e. The Labute approximate surface area is 245 Å². The van der Waals surface area contributed by atoms with Gasteiger partial charge in [-0.25, -0.2) is 14.4 Å². The maximum absolute atomic E-state index is 13.4. The molecule has 11 heteroatoms. The minimum absolute atomic E-state index is 0.159. The Morgan fingerprint density at radius 3 is 2.29 bits per heavy atom. The second-order valence-corrected chi connectivity index (χ2v) is 12.3. The van der Waals surface area contributed by atoms with Crippen LogP contribution in [0.2, 0.25) is 0 Å². The topological polar surface area (TPSA) is 113 Å². The van der Waals surface area contributed by atoms with Crippen molar-refractivity contribution in [2.24, 2.45) is 0 Å². The van der Waals surface area contributed by atoms with Crippen molar-refractivity contribution in [2.45, 2.75) is 129 Å². The monoisotopic (exact) mass is 582 g/mol. The van der Waals surface area contributed by atoms with E-state index in [0.717, 1.165) is 6.42 Å². The molecule has 0 radical (unpaired) electrons. The molecule has 0 aromatic heterocycles.